The quantitative estimate of drug-likeness (QED) is 0.847. The van der Waals surface area contributed by atoms with Gasteiger partial charge >= 0.3 is 0 Å². The van der Waals surface area contributed by atoms with Gasteiger partial charge in [0.05, 0.1) is 10.6 Å². The van der Waals surface area contributed by atoms with Gasteiger partial charge in [-0.2, -0.15) is 0 Å². The van der Waals surface area contributed by atoms with Crippen LogP contribution in [0.1, 0.15) is 24.8 Å². The summed E-state index contributed by atoms with van der Waals surface area (Å²) in [4.78, 5) is 8.22. The highest BCUT2D eigenvalue weighted by Gasteiger charge is 2.21. The van der Waals surface area contributed by atoms with E-state index in [1.54, 1.807) is 11.3 Å². The van der Waals surface area contributed by atoms with E-state index < -0.39 is 0 Å². The molecule has 1 atom stereocenters. The monoisotopic (exact) mass is 262 g/mol. The van der Waals surface area contributed by atoms with Gasteiger partial charge in [0.1, 0.15) is 5.76 Å². The Bertz CT molecular complexity index is 518. The van der Waals surface area contributed by atoms with E-state index in [2.05, 4.69) is 28.3 Å². The summed E-state index contributed by atoms with van der Waals surface area (Å²) in [5.41, 5.74) is 1.09. The molecule has 1 aliphatic heterocycles. The molecule has 1 fully saturated rings. The van der Waals surface area contributed by atoms with E-state index in [-0.39, 0.29) is 0 Å². The Morgan fingerprint density at radius 2 is 2.44 bits per heavy atom. The van der Waals surface area contributed by atoms with Crippen LogP contribution in [-0.2, 0) is 6.54 Å². The molecule has 3 rings (SSSR count). The minimum absolute atomic E-state index is 0.768. The molecule has 0 aliphatic carbocycles. The highest BCUT2D eigenvalue weighted by atomic mass is 32.1. The molecule has 1 saturated heterocycles. The average Bonchev–Trinajstić information content (AvgIpc) is 3.02. The van der Waals surface area contributed by atoms with Crippen molar-refractivity contribution in [3.05, 3.63) is 29.0 Å². The Morgan fingerprint density at radius 3 is 3.11 bits per heavy atom. The van der Waals surface area contributed by atoms with Crippen LogP contribution in [0.3, 0.4) is 0 Å². The molecule has 0 aromatic carbocycles. The summed E-state index contributed by atoms with van der Waals surface area (Å²) in [7, 11) is 0. The SMILES string of the molecule is Cc1oc(-c2cccs2)nc1CN1CCC(C)C1. The lowest BCUT2D eigenvalue weighted by atomic mass is 10.2. The third kappa shape index (κ3) is 2.35. The molecule has 18 heavy (non-hydrogen) atoms. The van der Waals surface area contributed by atoms with Gasteiger partial charge in [-0.05, 0) is 37.3 Å². The Kier molecular flexibility index (Phi) is 3.22. The molecule has 4 heteroatoms. The molecule has 2 aromatic heterocycles. The Balaban J connectivity index is 1.77. The van der Waals surface area contributed by atoms with Gasteiger partial charge < -0.3 is 4.42 Å². The summed E-state index contributed by atoms with van der Waals surface area (Å²) in [6, 6.07) is 4.08. The van der Waals surface area contributed by atoms with Crippen molar-refractivity contribution in [1.82, 2.24) is 9.88 Å². The summed E-state index contributed by atoms with van der Waals surface area (Å²) >= 11 is 1.67. The Morgan fingerprint density at radius 1 is 1.56 bits per heavy atom. The Labute approximate surface area is 111 Å². The lowest BCUT2D eigenvalue weighted by Gasteiger charge is -2.13. The highest BCUT2D eigenvalue weighted by molar-refractivity contribution is 7.13. The zero-order valence-corrected chi connectivity index (χ0v) is 11.7. The van der Waals surface area contributed by atoms with E-state index in [9.17, 15) is 0 Å². The third-order valence-electron chi connectivity index (χ3n) is 3.51. The first-order chi connectivity index (χ1) is 8.72. The largest absolute Gasteiger partial charge is 0.440 e. The number of nitrogens with zero attached hydrogens (tertiary/aromatic N) is 2. The van der Waals surface area contributed by atoms with Gasteiger partial charge in [0.2, 0.25) is 5.89 Å². The van der Waals surface area contributed by atoms with Gasteiger partial charge in [-0.3, -0.25) is 4.90 Å². The molecule has 0 bridgehead atoms. The van der Waals surface area contributed by atoms with Crippen LogP contribution in [0.2, 0.25) is 0 Å². The first kappa shape index (κ1) is 11.9. The number of oxazole rings is 1. The maximum atomic E-state index is 5.77. The number of rotatable bonds is 3. The lowest BCUT2D eigenvalue weighted by molar-refractivity contribution is 0.315. The summed E-state index contributed by atoms with van der Waals surface area (Å²) in [5, 5.41) is 2.05. The highest BCUT2D eigenvalue weighted by Crippen LogP contribution is 2.27. The van der Waals surface area contributed by atoms with E-state index in [4.69, 9.17) is 4.42 Å². The second-order valence-corrected chi connectivity index (χ2v) is 6.08. The molecule has 0 amide bonds. The third-order valence-corrected chi connectivity index (χ3v) is 4.36. The first-order valence-electron chi connectivity index (χ1n) is 6.45. The van der Waals surface area contributed by atoms with E-state index in [1.165, 1.54) is 19.5 Å². The molecule has 0 radical (unpaired) electrons. The topological polar surface area (TPSA) is 29.3 Å². The van der Waals surface area contributed by atoms with E-state index in [0.717, 1.165) is 34.7 Å². The standard InChI is InChI=1S/C14H18N2OS/c1-10-5-6-16(8-10)9-12-11(2)17-14(15-12)13-4-3-7-18-13/h3-4,7,10H,5-6,8-9H2,1-2H3. The van der Waals surface area contributed by atoms with Crippen LogP contribution in [0.25, 0.3) is 10.8 Å². The molecule has 0 N–H and O–H groups in total. The van der Waals surface area contributed by atoms with Crippen molar-refractivity contribution in [2.24, 2.45) is 5.92 Å². The van der Waals surface area contributed by atoms with Crippen molar-refractivity contribution < 1.29 is 4.42 Å². The summed E-state index contributed by atoms with van der Waals surface area (Å²) in [5.74, 6) is 2.54. The van der Waals surface area contributed by atoms with Crippen LogP contribution in [0.5, 0.6) is 0 Å². The number of hydrogen-bond acceptors (Lipinski definition) is 4. The second kappa shape index (κ2) is 4.86. The van der Waals surface area contributed by atoms with Crippen LogP contribution < -0.4 is 0 Å². The number of aryl methyl sites for hydroxylation is 1. The van der Waals surface area contributed by atoms with E-state index in [1.807, 2.05) is 13.0 Å². The van der Waals surface area contributed by atoms with Crippen LogP contribution in [0, 0.1) is 12.8 Å². The fourth-order valence-corrected chi connectivity index (χ4v) is 3.11. The van der Waals surface area contributed by atoms with Crippen molar-refractivity contribution >= 4 is 11.3 Å². The predicted molar refractivity (Wildman–Crippen MR) is 73.6 cm³/mol. The summed E-state index contributed by atoms with van der Waals surface area (Å²) < 4.78 is 5.77. The fourth-order valence-electron chi connectivity index (χ4n) is 2.46. The van der Waals surface area contributed by atoms with E-state index >= 15 is 0 Å². The van der Waals surface area contributed by atoms with Gasteiger partial charge in [-0.1, -0.05) is 13.0 Å². The van der Waals surface area contributed by atoms with Gasteiger partial charge in [0.25, 0.3) is 0 Å². The minimum atomic E-state index is 0.768. The van der Waals surface area contributed by atoms with Crippen molar-refractivity contribution in [1.29, 1.82) is 0 Å². The predicted octanol–water partition coefficient (Wildman–Crippen LogP) is 3.55. The van der Waals surface area contributed by atoms with Crippen molar-refractivity contribution in [2.75, 3.05) is 13.1 Å². The number of hydrogen-bond donors (Lipinski definition) is 0. The van der Waals surface area contributed by atoms with Crippen molar-refractivity contribution in [3.63, 3.8) is 0 Å². The zero-order chi connectivity index (χ0) is 12.5. The molecule has 0 spiro atoms. The zero-order valence-electron chi connectivity index (χ0n) is 10.8. The molecular formula is C14H18N2OS. The van der Waals surface area contributed by atoms with Crippen LogP contribution >= 0.6 is 11.3 Å². The summed E-state index contributed by atoms with van der Waals surface area (Å²) in [6.45, 7) is 7.61. The fraction of sp³-hybridized carbons (Fsp3) is 0.500. The lowest BCUT2D eigenvalue weighted by Crippen LogP contribution is -2.20. The molecule has 3 heterocycles. The van der Waals surface area contributed by atoms with Gasteiger partial charge in [-0.25, -0.2) is 4.98 Å². The van der Waals surface area contributed by atoms with Crippen molar-refractivity contribution in [3.8, 4) is 10.8 Å². The normalized spacial score (nSPS) is 20.7. The van der Waals surface area contributed by atoms with Crippen molar-refractivity contribution in [2.45, 2.75) is 26.8 Å². The average molecular weight is 262 g/mol. The minimum Gasteiger partial charge on any atom is -0.440 e. The smallest absolute Gasteiger partial charge is 0.236 e. The van der Waals surface area contributed by atoms with Crippen LogP contribution in [-0.4, -0.2) is 23.0 Å². The molecule has 96 valence electrons. The molecule has 3 nitrogen and oxygen atoms in total. The number of thiophene rings is 1. The Hall–Kier alpha value is -1.13. The summed E-state index contributed by atoms with van der Waals surface area (Å²) in [6.07, 6.45) is 1.30. The second-order valence-electron chi connectivity index (χ2n) is 5.13. The molecule has 0 saturated carbocycles. The molecule has 1 aliphatic rings. The van der Waals surface area contributed by atoms with Crippen LogP contribution in [0.4, 0.5) is 0 Å². The van der Waals surface area contributed by atoms with Gasteiger partial charge in [0.15, 0.2) is 0 Å². The number of aromatic nitrogens is 1. The van der Waals surface area contributed by atoms with Gasteiger partial charge in [-0.15, -0.1) is 11.3 Å². The molecule has 2 aromatic rings. The maximum Gasteiger partial charge on any atom is 0.236 e. The van der Waals surface area contributed by atoms with E-state index in [0.29, 0.717) is 0 Å². The number of likely N-dealkylation sites (tertiary alicyclic amines) is 1. The molecular weight excluding hydrogens is 244 g/mol. The first-order valence-corrected chi connectivity index (χ1v) is 7.33. The van der Waals surface area contributed by atoms with Crippen LogP contribution in [0.15, 0.2) is 21.9 Å². The molecule has 1 unspecified atom stereocenters. The van der Waals surface area contributed by atoms with Gasteiger partial charge in [0, 0.05) is 13.1 Å². The maximum absolute atomic E-state index is 5.77.